The van der Waals surface area contributed by atoms with Gasteiger partial charge in [-0.3, -0.25) is 14.5 Å². The summed E-state index contributed by atoms with van der Waals surface area (Å²) in [6, 6.07) is 10.9. The van der Waals surface area contributed by atoms with Crippen molar-refractivity contribution in [1.82, 2.24) is 15.5 Å². The van der Waals surface area contributed by atoms with Gasteiger partial charge >= 0.3 is 0 Å². The van der Waals surface area contributed by atoms with E-state index in [-0.39, 0.29) is 30.8 Å². The van der Waals surface area contributed by atoms with Crippen molar-refractivity contribution in [3.63, 3.8) is 0 Å². The number of furan rings is 1. The summed E-state index contributed by atoms with van der Waals surface area (Å²) in [6.45, 7) is 2.77. The molecule has 0 aliphatic carbocycles. The molecule has 1 aromatic heterocycles. The third-order valence-electron chi connectivity index (χ3n) is 4.93. The number of carbonyl (C=O) groups excluding carboxylic acids is 2. The minimum atomic E-state index is -0.254. The van der Waals surface area contributed by atoms with Gasteiger partial charge in [0.25, 0.3) is 5.91 Å². The van der Waals surface area contributed by atoms with Crippen molar-refractivity contribution in [3.05, 3.63) is 54.0 Å². The Morgan fingerprint density at radius 3 is 2.64 bits per heavy atom. The molecule has 0 radical (unpaired) electrons. The van der Waals surface area contributed by atoms with Gasteiger partial charge in [-0.05, 0) is 50.2 Å². The Morgan fingerprint density at radius 2 is 1.93 bits per heavy atom. The quantitative estimate of drug-likeness (QED) is 0.692. The predicted octanol–water partition coefficient (Wildman–Crippen LogP) is 2.36. The number of amides is 2. The highest BCUT2D eigenvalue weighted by Gasteiger charge is 2.25. The number of hydrogen-bond acceptors (Lipinski definition) is 5. The molecule has 28 heavy (non-hydrogen) atoms. The summed E-state index contributed by atoms with van der Waals surface area (Å²) in [7, 11) is 1.52. The number of ether oxygens (including phenoxy) is 1. The second kappa shape index (κ2) is 9.94. The Balaban J connectivity index is 1.45. The zero-order chi connectivity index (χ0) is 19.8. The fourth-order valence-electron chi connectivity index (χ4n) is 3.46. The zero-order valence-corrected chi connectivity index (χ0v) is 16.1. The highest BCUT2D eigenvalue weighted by molar-refractivity contribution is 5.97. The van der Waals surface area contributed by atoms with Crippen LogP contribution in [0.5, 0.6) is 5.75 Å². The molecule has 2 N–H and O–H groups in total. The van der Waals surface area contributed by atoms with E-state index in [4.69, 9.17) is 9.15 Å². The lowest BCUT2D eigenvalue weighted by Gasteiger charge is -2.26. The lowest BCUT2D eigenvalue weighted by atomic mass is 10.2. The van der Waals surface area contributed by atoms with Gasteiger partial charge in [0.2, 0.25) is 5.91 Å². The van der Waals surface area contributed by atoms with E-state index in [1.807, 2.05) is 12.1 Å². The lowest BCUT2D eigenvalue weighted by molar-refractivity contribution is -0.121. The molecular formula is C21H27N3O4. The van der Waals surface area contributed by atoms with Crippen molar-refractivity contribution in [2.45, 2.75) is 25.3 Å². The Bertz CT molecular complexity index is 770. The minimum Gasteiger partial charge on any atom is -0.496 e. The molecule has 2 aromatic rings. The van der Waals surface area contributed by atoms with E-state index in [9.17, 15) is 9.59 Å². The number of methoxy groups -OCH3 is 1. The minimum absolute atomic E-state index is 0.0459. The highest BCUT2D eigenvalue weighted by atomic mass is 16.5. The maximum atomic E-state index is 12.3. The van der Waals surface area contributed by atoms with E-state index in [2.05, 4.69) is 15.5 Å². The number of para-hydroxylation sites is 1. The zero-order valence-electron chi connectivity index (χ0n) is 16.1. The smallest absolute Gasteiger partial charge is 0.255 e. The van der Waals surface area contributed by atoms with E-state index in [0.717, 1.165) is 18.8 Å². The van der Waals surface area contributed by atoms with E-state index < -0.39 is 0 Å². The molecule has 1 atom stereocenters. The van der Waals surface area contributed by atoms with Gasteiger partial charge in [-0.15, -0.1) is 0 Å². The van der Waals surface area contributed by atoms with E-state index in [0.29, 0.717) is 17.9 Å². The van der Waals surface area contributed by atoms with Crippen molar-refractivity contribution < 1.29 is 18.7 Å². The maximum absolute atomic E-state index is 12.3. The number of carbonyl (C=O) groups is 2. The molecule has 2 heterocycles. The van der Waals surface area contributed by atoms with Crippen LogP contribution < -0.4 is 15.4 Å². The van der Waals surface area contributed by atoms with Crippen LogP contribution in [0, 0.1) is 0 Å². The predicted molar refractivity (Wildman–Crippen MR) is 105 cm³/mol. The molecule has 7 nitrogen and oxygen atoms in total. The Labute approximate surface area is 165 Å². The van der Waals surface area contributed by atoms with Crippen LogP contribution in [0.15, 0.2) is 47.1 Å². The van der Waals surface area contributed by atoms with Crippen LogP contribution >= 0.6 is 0 Å². The van der Waals surface area contributed by atoms with Gasteiger partial charge < -0.3 is 19.8 Å². The summed E-state index contributed by atoms with van der Waals surface area (Å²) in [5.41, 5.74) is 0.456. The summed E-state index contributed by atoms with van der Waals surface area (Å²) in [6.07, 6.45) is 4.21. The highest BCUT2D eigenvalue weighted by Crippen LogP contribution is 2.24. The maximum Gasteiger partial charge on any atom is 0.255 e. The molecule has 3 rings (SSSR count). The van der Waals surface area contributed by atoms with Gasteiger partial charge in [0.15, 0.2) is 0 Å². The molecule has 1 aliphatic rings. The first-order valence-electron chi connectivity index (χ1n) is 9.64. The first kappa shape index (κ1) is 19.9. The van der Waals surface area contributed by atoms with Gasteiger partial charge in [-0.25, -0.2) is 0 Å². The molecule has 0 unspecified atom stereocenters. The van der Waals surface area contributed by atoms with E-state index in [1.165, 1.54) is 20.0 Å². The molecule has 1 saturated heterocycles. The van der Waals surface area contributed by atoms with E-state index >= 15 is 0 Å². The van der Waals surface area contributed by atoms with Crippen molar-refractivity contribution in [2.24, 2.45) is 0 Å². The van der Waals surface area contributed by atoms with Crippen LogP contribution in [0.3, 0.4) is 0 Å². The summed E-state index contributed by atoms with van der Waals surface area (Å²) in [5, 5.41) is 5.73. The Morgan fingerprint density at radius 1 is 1.14 bits per heavy atom. The summed E-state index contributed by atoms with van der Waals surface area (Å²) in [5.74, 6) is 1.02. The number of nitrogens with one attached hydrogen (secondary N) is 2. The topological polar surface area (TPSA) is 83.8 Å². The fourth-order valence-corrected chi connectivity index (χ4v) is 3.46. The van der Waals surface area contributed by atoms with Crippen molar-refractivity contribution in [2.75, 3.05) is 33.3 Å². The SMILES string of the molecule is COc1ccccc1C(=O)NCCC(=O)NC[C@H](c1ccco1)N1CCCC1. The van der Waals surface area contributed by atoms with Gasteiger partial charge in [0.05, 0.1) is 25.0 Å². The molecule has 0 spiro atoms. The van der Waals surface area contributed by atoms with Crippen LogP contribution in [0.2, 0.25) is 0 Å². The fraction of sp³-hybridized carbons (Fsp3) is 0.429. The van der Waals surface area contributed by atoms with Crippen LogP contribution in [-0.2, 0) is 4.79 Å². The monoisotopic (exact) mass is 385 g/mol. The van der Waals surface area contributed by atoms with Crippen molar-refractivity contribution in [1.29, 1.82) is 0 Å². The van der Waals surface area contributed by atoms with Crippen molar-refractivity contribution >= 4 is 11.8 Å². The third-order valence-corrected chi connectivity index (χ3v) is 4.93. The van der Waals surface area contributed by atoms with Crippen molar-refractivity contribution in [3.8, 4) is 5.75 Å². The molecule has 1 aromatic carbocycles. The van der Waals surface area contributed by atoms with Gasteiger partial charge in [0, 0.05) is 19.5 Å². The average Bonchev–Trinajstić information content (AvgIpc) is 3.43. The molecule has 0 saturated carbocycles. The number of benzene rings is 1. The largest absolute Gasteiger partial charge is 0.496 e. The van der Waals surface area contributed by atoms with Gasteiger partial charge in [-0.1, -0.05) is 12.1 Å². The van der Waals surface area contributed by atoms with Gasteiger partial charge in [0.1, 0.15) is 11.5 Å². The molecule has 2 amide bonds. The van der Waals surface area contributed by atoms with Crippen LogP contribution in [0.4, 0.5) is 0 Å². The number of rotatable bonds is 9. The molecule has 150 valence electrons. The molecular weight excluding hydrogens is 358 g/mol. The second-order valence-corrected chi connectivity index (χ2v) is 6.78. The number of nitrogens with zero attached hydrogens (tertiary/aromatic N) is 1. The first-order chi connectivity index (χ1) is 13.7. The molecule has 1 aliphatic heterocycles. The van der Waals surface area contributed by atoms with Crippen LogP contribution in [-0.4, -0.2) is 50.0 Å². The second-order valence-electron chi connectivity index (χ2n) is 6.78. The van der Waals surface area contributed by atoms with Crippen LogP contribution in [0.1, 0.15) is 41.4 Å². The van der Waals surface area contributed by atoms with E-state index in [1.54, 1.807) is 30.5 Å². The van der Waals surface area contributed by atoms with Crippen LogP contribution in [0.25, 0.3) is 0 Å². The number of likely N-dealkylation sites (tertiary alicyclic amines) is 1. The Kier molecular flexibility index (Phi) is 7.08. The normalized spacial score (nSPS) is 15.2. The average molecular weight is 385 g/mol. The third kappa shape index (κ3) is 5.13. The molecule has 7 heteroatoms. The molecule has 1 fully saturated rings. The first-order valence-corrected chi connectivity index (χ1v) is 9.64. The standard InChI is InChI=1S/C21H27N3O4/c1-27-18-8-3-2-7-16(18)21(26)22-11-10-20(25)23-15-17(19-9-6-14-28-19)24-12-4-5-13-24/h2-3,6-9,14,17H,4-5,10-13,15H2,1H3,(H,22,26)(H,23,25)/t17-/m1/s1. The molecule has 0 bridgehead atoms. The Hall–Kier alpha value is -2.80. The summed E-state index contributed by atoms with van der Waals surface area (Å²) in [4.78, 5) is 26.8. The lowest BCUT2D eigenvalue weighted by Crippen LogP contribution is -2.38. The summed E-state index contributed by atoms with van der Waals surface area (Å²) >= 11 is 0. The van der Waals surface area contributed by atoms with Gasteiger partial charge in [-0.2, -0.15) is 0 Å². The number of hydrogen-bond donors (Lipinski definition) is 2. The summed E-state index contributed by atoms with van der Waals surface area (Å²) < 4.78 is 10.8.